The molecule has 0 aliphatic heterocycles. The summed E-state index contributed by atoms with van der Waals surface area (Å²) < 4.78 is 2.03. The van der Waals surface area contributed by atoms with Crippen molar-refractivity contribution in [3.05, 3.63) is 29.7 Å². The molecule has 0 fully saturated rings. The number of thiophene rings is 1. The highest BCUT2D eigenvalue weighted by atomic mass is 32.2. The molecule has 0 aliphatic carbocycles. The van der Waals surface area contributed by atoms with Crippen molar-refractivity contribution in [2.24, 2.45) is 7.05 Å². The van der Waals surface area contributed by atoms with Crippen LogP contribution in [0.3, 0.4) is 0 Å². The quantitative estimate of drug-likeness (QED) is 0.617. The van der Waals surface area contributed by atoms with Crippen molar-refractivity contribution in [3.8, 4) is 10.7 Å². The Morgan fingerprint density at radius 3 is 3.00 bits per heavy atom. The molecule has 3 nitrogen and oxygen atoms in total. The summed E-state index contributed by atoms with van der Waals surface area (Å²) in [6, 6.07) is 4.08. The van der Waals surface area contributed by atoms with Crippen molar-refractivity contribution in [1.82, 2.24) is 14.8 Å². The first kappa shape index (κ1) is 11.4. The van der Waals surface area contributed by atoms with Crippen LogP contribution in [0, 0.1) is 0 Å². The van der Waals surface area contributed by atoms with Crippen molar-refractivity contribution < 1.29 is 0 Å². The fourth-order valence-corrected chi connectivity index (χ4v) is 2.75. The van der Waals surface area contributed by atoms with E-state index in [1.807, 2.05) is 30.0 Å². The molecule has 84 valence electrons. The third-order valence-corrected chi connectivity index (χ3v) is 4.14. The number of aromatic nitrogens is 3. The molecular weight excluding hydrogens is 238 g/mol. The topological polar surface area (TPSA) is 30.7 Å². The second-order valence-corrected chi connectivity index (χ2v) is 5.48. The van der Waals surface area contributed by atoms with E-state index in [0.717, 1.165) is 27.2 Å². The second-order valence-electron chi connectivity index (χ2n) is 3.59. The Labute approximate surface area is 103 Å². The van der Waals surface area contributed by atoms with Crippen LogP contribution in [0.1, 0.15) is 6.92 Å². The Hall–Kier alpha value is -1.07. The van der Waals surface area contributed by atoms with Gasteiger partial charge in [0.2, 0.25) is 0 Å². The normalized spacial score (nSPS) is 10.6. The first-order valence-electron chi connectivity index (χ1n) is 4.89. The summed E-state index contributed by atoms with van der Waals surface area (Å²) in [6.07, 6.45) is 0. The molecule has 2 rings (SSSR count). The lowest BCUT2D eigenvalue weighted by Gasteiger charge is -2.01. The highest BCUT2D eigenvalue weighted by Crippen LogP contribution is 2.26. The summed E-state index contributed by atoms with van der Waals surface area (Å²) in [7, 11) is 2.00. The number of nitrogens with zero attached hydrogens (tertiary/aromatic N) is 3. The van der Waals surface area contributed by atoms with E-state index in [1.54, 1.807) is 23.1 Å². The van der Waals surface area contributed by atoms with E-state index in [-0.39, 0.29) is 0 Å². The van der Waals surface area contributed by atoms with Crippen LogP contribution in [-0.4, -0.2) is 20.5 Å². The zero-order valence-electron chi connectivity index (χ0n) is 9.30. The van der Waals surface area contributed by atoms with Crippen molar-refractivity contribution in [1.29, 1.82) is 0 Å². The van der Waals surface area contributed by atoms with Crippen LogP contribution in [0.25, 0.3) is 10.7 Å². The van der Waals surface area contributed by atoms with Gasteiger partial charge in [0.1, 0.15) is 0 Å². The fourth-order valence-electron chi connectivity index (χ4n) is 1.25. The molecular formula is C11H13N3S2. The van der Waals surface area contributed by atoms with Gasteiger partial charge in [0, 0.05) is 12.8 Å². The molecule has 2 aromatic heterocycles. The van der Waals surface area contributed by atoms with Crippen molar-refractivity contribution in [2.45, 2.75) is 12.1 Å². The first-order chi connectivity index (χ1) is 7.68. The van der Waals surface area contributed by atoms with Crippen LogP contribution in [0.5, 0.6) is 0 Å². The van der Waals surface area contributed by atoms with Crippen molar-refractivity contribution in [2.75, 3.05) is 5.75 Å². The van der Waals surface area contributed by atoms with Gasteiger partial charge in [0.05, 0.1) is 4.88 Å². The van der Waals surface area contributed by atoms with E-state index in [2.05, 4.69) is 22.8 Å². The molecule has 0 N–H and O–H groups in total. The van der Waals surface area contributed by atoms with E-state index < -0.39 is 0 Å². The Morgan fingerprint density at radius 1 is 1.56 bits per heavy atom. The molecule has 2 aromatic rings. The predicted octanol–water partition coefficient (Wildman–Crippen LogP) is 3.21. The van der Waals surface area contributed by atoms with Gasteiger partial charge in [-0.3, -0.25) is 0 Å². The van der Waals surface area contributed by atoms with Gasteiger partial charge in [0.25, 0.3) is 0 Å². The van der Waals surface area contributed by atoms with Gasteiger partial charge in [-0.2, -0.15) is 0 Å². The Kier molecular flexibility index (Phi) is 3.46. The lowest BCUT2D eigenvalue weighted by atomic mass is 10.4. The minimum atomic E-state index is 0.885. The largest absolute Gasteiger partial charge is 0.304 e. The molecule has 0 saturated carbocycles. The number of hydrogen-bond donors (Lipinski definition) is 0. The zero-order valence-corrected chi connectivity index (χ0v) is 10.9. The molecule has 0 aliphatic rings. The van der Waals surface area contributed by atoms with Crippen LogP contribution in [0.15, 0.2) is 34.8 Å². The van der Waals surface area contributed by atoms with E-state index >= 15 is 0 Å². The first-order valence-corrected chi connectivity index (χ1v) is 6.75. The third-order valence-electron chi connectivity index (χ3n) is 2.02. The summed E-state index contributed by atoms with van der Waals surface area (Å²) in [6.45, 7) is 5.90. The maximum Gasteiger partial charge on any atom is 0.191 e. The van der Waals surface area contributed by atoms with Crippen molar-refractivity contribution in [3.63, 3.8) is 0 Å². The second kappa shape index (κ2) is 4.84. The maximum absolute atomic E-state index is 4.21. The van der Waals surface area contributed by atoms with Gasteiger partial charge in [-0.15, -0.1) is 21.5 Å². The molecule has 0 amide bonds. The fraction of sp³-hybridized carbons (Fsp3) is 0.273. The van der Waals surface area contributed by atoms with Gasteiger partial charge < -0.3 is 4.57 Å². The van der Waals surface area contributed by atoms with Gasteiger partial charge >= 0.3 is 0 Å². The SMILES string of the molecule is C=C(C)CSc1nnc(-c2cccs2)n1C. The summed E-state index contributed by atoms with van der Waals surface area (Å²) in [5.41, 5.74) is 1.14. The molecule has 0 radical (unpaired) electrons. The van der Waals surface area contributed by atoms with E-state index in [1.165, 1.54) is 0 Å². The van der Waals surface area contributed by atoms with Crippen LogP contribution < -0.4 is 0 Å². The summed E-state index contributed by atoms with van der Waals surface area (Å²) >= 11 is 3.35. The number of rotatable bonds is 4. The Balaban J connectivity index is 2.21. The van der Waals surface area contributed by atoms with Gasteiger partial charge in [-0.05, 0) is 18.4 Å². The Bertz CT molecular complexity index is 485. The van der Waals surface area contributed by atoms with Crippen molar-refractivity contribution >= 4 is 23.1 Å². The zero-order chi connectivity index (χ0) is 11.5. The average Bonchev–Trinajstić information content (AvgIpc) is 2.84. The van der Waals surface area contributed by atoms with Gasteiger partial charge in [-0.25, -0.2) is 0 Å². The molecule has 5 heteroatoms. The highest BCUT2D eigenvalue weighted by Gasteiger charge is 2.11. The summed E-state index contributed by atoms with van der Waals surface area (Å²) in [5.74, 6) is 1.82. The lowest BCUT2D eigenvalue weighted by molar-refractivity contribution is 0.795. The molecule has 0 saturated heterocycles. The van der Waals surface area contributed by atoms with Crippen LogP contribution in [-0.2, 0) is 7.05 Å². The van der Waals surface area contributed by atoms with Crippen LogP contribution in [0.2, 0.25) is 0 Å². The standard InChI is InChI=1S/C11H13N3S2/c1-8(2)7-16-11-13-12-10(14(11)3)9-5-4-6-15-9/h4-6H,1,7H2,2-3H3. The highest BCUT2D eigenvalue weighted by molar-refractivity contribution is 7.99. The lowest BCUT2D eigenvalue weighted by Crippen LogP contribution is -1.94. The molecule has 0 unspecified atom stereocenters. The minimum Gasteiger partial charge on any atom is -0.304 e. The Morgan fingerprint density at radius 2 is 2.38 bits per heavy atom. The average molecular weight is 251 g/mol. The van der Waals surface area contributed by atoms with E-state index in [0.29, 0.717) is 0 Å². The third kappa shape index (κ3) is 2.36. The summed E-state index contributed by atoms with van der Waals surface area (Å²) in [4.78, 5) is 1.15. The smallest absolute Gasteiger partial charge is 0.191 e. The molecule has 0 spiro atoms. The predicted molar refractivity (Wildman–Crippen MR) is 69.9 cm³/mol. The van der Waals surface area contributed by atoms with E-state index in [9.17, 15) is 0 Å². The van der Waals surface area contributed by atoms with Gasteiger partial charge in [0.15, 0.2) is 11.0 Å². The monoisotopic (exact) mass is 251 g/mol. The number of hydrogen-bond acceptors (Lipinski definition) is 4. The minimum absolute atomic E-state index is 0.885. The maximum atomic E-state index is 4.21. The van der Waals surface area contributed by atoms with Gasteiger partial charge in [-0.1, -0.05) is 30.0 Å². The summed E-state index contributed by atoms with van der Waals surface area (Å²) in [5, 5.41) is 11.4. The molecule has 0 atom stereocenters. The van der Waals surface area contributed by atoms with E-state index in [4.69, 9.17) is 0 Å². The van der Waals surface area contributed by atoms with Crippen LogP contribution in [0.4, 0.5) is 0 Å². The molecule has 0 aromatic carbocycles. The molecule has 0 bridgehead atoms. The molecule has 2 heterocycles. The molecule has 16 heavy (non-hydrogen) atoms. The van der Waals surface area contributed by atoms with Crippen LogP contribution >= 0.6 is 23.1 Å². The number of thioether (sulfide) groups is 1.